The fourth-order valence-electron chi connectivity index (χ4n) is 4.43. The molecule has 7 nitrogen and oxygen atoms in total. The second-order valence-corrected chi connectivity index (χ2v) is 9.49. The molecule has 0 aliphatic carbocycles. The topological polar surface area (TPSA) is 72.8 Å². The average molecular weight is 508 g/mol. The lowest BCUT2D eigenvalue weighted by Crippen LogP contribution is -2.34. The number of para-hydroxylation sites is 2. The predicted molar refractivity (Wildman–Crippen MR) is 146 cm³/mol. The second kappa shape index (κ2) is 12.2. The Morgan fingerprint density at radius 1 is 1.06 bits per heavy atom. The molecule has 8 heteroatoms. The van der Waals surface area contributed by atoms with Crippen molar-refractivity contribution < 1.29 is 14.3 Å². The molecule has 2 aromatic carbocycles. The number of amides is 1. The summed E-state index contributed by atoms with van der Waals surface area (Å²) in [7, 11) is 1.58. The number of benzene rings is 2. The van der Waals surface area contributed by atoms with Gasteiger partial charge >= 0.3 is 0 Å². The van der Waals surface area contributed by atoms with Crippen LogP contribution in [0.2, 0.25) is 0 Å². The monoisotopic (exact) mass is 507 g/mol. The lowest BCUT2D eigenvalue weighted by molar-refractivity contribution is 0.0948. The molecule has 1 N–H and O–H groups in total. The predicted octanol–water partition coefficient (Wildman–Crippen LogP) is 4.51. The molecule has 0 atom stereocenters. The molecule has 0 fully saturated rings. The molecule has 36 heavy (non-hydrogen) atoms. The first-order valence-corrected chi connectivity index (χ1v) is 13.1. The van der Waals surface area contributed by atoms with Crippen molar-refractivity contribution in [2.75, 3.05) is 39.9 Å². The molecule has 0 spiro atoms. The fraction of sp³-hybridized carbons (Fsp3) is 0.357. The van der Waals surface area contributed by atoms with Gasteiger partial charge < -0.3 is 24.3 Å². The van der Waals surface area contributed by atoms with Gasteiger partial charge in [-0.3, -0.25) is 9.59 Å². The minimum Gasteiger partial charge on any atom is -0.492 e. The van der Waals surface area contributed by atoms with E-state index in [9.17, 15) is 9.59 Å². The van der Waals surface area contributed by atoms with Gasteiger partial charge in [-0.2, -0.15) is 0 Å². The molecule has 2 aromatic heterocycles. The number of carbonyl (C=O) groups is 1. The van der Waals surface area contributed by atoms with Crippen LogP contribution in [0.4, 0.5) is 0 Å². The van der Waals surface area contributed by atoms with E-state index in [1.807, 2.05) is 54.6 Å². The number of thiophene rings is 1. The van der Waals surface area contributed by atoms with Crippen molar-refractivity contribution in [1.29, 1.82) is 0 Å². The standard InChI is InChI=1S/C28H33N3O4S/c1-4-30(5-2)16-15-29-27(32)26-22(19-34-3)24-25(36-26)21-13-9-10-14-23(21)31(28(24)33)17-18-35-20-11-7-6-8-12-20/h6-14H,4-5,15-19H2,1-3H3,(H,29,32). The van der Waals surface area contributed by atoms with Crippen LogP contribution in [0.25, 0.3) is 21.0 Å². The van der Waals surface area contributed by atoms with Crippen molar-refractivity contribution in [1.82, 2.24) is 14.8 Å². The first-order valence-electron chi connectivity index (χ1n) is 12.3. The van der Waals surface area contributed by atoms with Crippen molar-refractivity contribution in [3.63, 3.8) is 0 Å². The van der Waals surface area contributed by atoms with Crippen LogP contribution < -0.4 is 15.6 Å². The van der Waals surface area contributed by atoms with E-state index in [4.69, 9.17) is 9.47 Å². The van der Waals surface area contributed by atoms with Crippen LogP contribution in [0.3, 0.4) is 0 Å². The van der Waals surface area contributed by atoms with Crippen LogP contribution >= 0.6 is 11.3 Å². The zero-order valence-electron chi connectivity index (χ0n) is 21.1. The summed E-state index contributed by atoms with van der Waals surface area (Å²) in [6, 6.07) is 17.4. The molecular weight excluding hydrogens is 474 g/mol. The Morgan fingerprint density at radius 2 is 1.78 bits per heavy atom. The van der Waals surface area contributed by atoms with E-state index in [0.29, 0.717) is 35.5 Å². The Hall–Kier alpha value is -3.20. The Balaban J connectivity index is 1.71. The van der Waals surface area contributed by atoms with E-state index in [-0.39, 0.29) is 18.1 Å². The molecule has 0 unspecified atom stereocenters. The summed E-state index contributed by atoms with van der Waals surface area (Å²) < 4.78 is 13.9. The summed E-state index contributed by atoms with van der Waals surface area (Å²) in [6.07, 6.45) is 0. The largest absolute Gasteiger partial charge is 0.492 e. The molecule has 190 valence electrons. The number of fused-ring (bicyclic) bond motifs is 3. The molecule has 4 aromatic rings. The highest BCUT2D eigenvalue weighted by atomic mass is 32.1. The number of ether oxygens (including phenoxy) is 2. The number of likely N-dealkylation sites (N-methyl/N-ethyl adjacent to an activating group) is 1. The lowest BCUT2D eigenvalue weighted by atomic mass is 10.1. The quantitative estimate of drug-likeness (QED) is 0.305. The first-order chi connectivity index (χ1) is 17.6. The highest BCUT2D eigenvalue weighted by molar-refractivity contribution is 7.22. The third kappa shape index (κ3) is 5.46. The van der Waals surface area contributed by atoms with Crippen molar-refractivity contribution in [3.05, 3.63) is 75.4 Å². The number of methoxy groups -OCH3 is 1. The van der Waals surface area contributed by atoms with E-state index >= 15 is 0 Å². The van der Waals surface area contributed by atoms with Crippen molar-refractivity contribution in [3.8, 4) is 5.75 Å². The molecule has 1 amide bonds. The van der Waals surface area contributed by atoms with Gasteiger partial charge in [0.15, 0.2) is 0 Å². The minimum absolute atomic E-state index is 0.133. The summed E-state index contributed by atoms with van der Waals surface area (Å²) in [5.41, 5.74) is 1.34. The average Bonchev–Trinajstić information content (AvgIpc) is 3.29. The number of rotatable bonds is 12. The molecule has 0 saturated carbocycles. The molecule has 2 heterocycles. The van der Waals surface area contributed by atoms with Crippen LogP contribution in [-0.4, -0.2) is 55.3 Å². The van der Waals surface area contributed by atoms with Gasteiger partial charge in [-0.25, -0.2) is 0 Å². The van der Waals surface area contributed by atoms with Crippen LogP contribution in [0.15, 0.2) is 59.4 Å². The minimum atomic E-state index is -0.169. The van der Waals surface area contributed by atoms with Crippen LogP contribution in [-0.2, 0) is 17.9 Å². The molecular formula is C28H33N3O4S. The summed E-state index contributed by atoms with van der Waals surface area (Å²) >= 11 is 1.37. The molecule has 0 bridgehead atoms. The van der Waals surface area contributed by atoms with Gasteiger partial charge in [0.25, 0.3) is 11.5 Å². The maximum Gasteiger partial charge on any atom is 0.261 e. The first kappa shape index (κ1) is 25.9. The molecule has 4 rings (SSSR count). The third-order valence-electron chi connectivity index (χ3n) is 6.34. The van der Waals surface area contributed by atoms with Gasteiger partial charge in [-0.15, -0.1) is 11.3 Å². The Labute approximate surface area is 215 Å². The number of hydrogen-bond donors (Lipinski definition) is 1. The summed E-state index contributed by atoms with van der Waals surface area (Å²) in [6.45, 7) is 8.33. The Bertz CT molecular complexity index is 1380. The highest BCUT2D eigenvalue weighted by Gasteiger charge is 2.24. The van der Waals surface area contributed by atoms with Crippen molar-refractivity contribution in [2.45, 2.75) is 27.0 Å². The molecule has 0 aliphatic rings. The lowest BCUT2D eigenvalue weighted by Gasteiger charge is -2.17. The third-order valence-corrected chi connectivity index (χ3v) is 7.60. The van der Waals surface area contributed by atoms with Gasteiger partial charge in [0.1, 0.15) is 12.4 Å². The Kier molecular flexibility index (Phi) is 8.74. The van der Waals surface area contributed by atoms with Gasteiger partial charge in [-0.1, -0.05) is 50.2 Å². The molecule has 0 radical (unpaired) electrons. The number of nitrogens with zero attached hydrogens (tertiary/aromatic N) is 2. The van der Waals surface area contributed by atoms with Crippen molar-refractivity contribution >= 4 is 38.2 Å². The van der Waals surface area contributed by atoms with Crippen LogP contribution in [0.5, 0.6) is 5.75 Å². The number of pyridine rings is 1. The number of nitrogens with one attached hydrogen (secondary N) is 1. The zero-order chi connectivity index (χ0) is 25.5. The van der Waals surface area contributed by atoms with E-state index in [1.54, 1.807) is 11.7 Å². The van der Waals surface area contributed by atoms with Crippen molar-refractivity contribution in [2.24, 2.45) is 0 Å². The normalized spacial score (nSPS) is 11.4. The van der Waals surface area contributed by atoms with Gasteiger partial charge in [0.2, 0.25) is 0 Å². The van der Waals surface area contributed by atoms with Crippen LogP contribution in [0.1, 0.15) is 29.1 Å². The molecule has 0 saturated heterocycles. The maximum atomic E-state index is 13.8. The van der Waals surface area contributed by atoms with Crippen LogP contribution in [0, 0.1) is 0 Å². The maximum absolute atomic E-state index is 13.8. The second-order valence-electron chi connectivity index (χ2n) is 8.47. The SMILES string of the molecule is CCN(CC)CCNC(=O)c1sc2c(c1COC)c(=O)n(CCOc1ccccc1)c1ccccc21. The van der Waals surface area contributed by atoms with Gasteiger partial charge in [0.05, 0.1) is 33.6 Å². The molecule has 0 aliphatic heterocycles. The number of hydrogen-bond acceptors (Lipinski definition) is 6. The summed E-state index contributed by atoms with van der Waals surface area (Å²) in [5, 5.41) is 4.53. The summed E-state index contributed by atoms with van der Waals surface area (Å²) in [4.78, 5) is 29.8. The number of aromatic nitrogens is 1. The highest BCUT2D eigenvalue weighted by Crippen LogP contribution is 2.35. The number of carbonyl (C=O) groups excluding carboxylic acids is 1. The fourth-order valence-corrected chi connectivity index (χ4v) is 5.68. The van der Waals surface area contributed by atoms with Gasteiger partial charge in [0, 0.05) is 31.1 Å². The van der Waals surface area contributed by atoms with Gasteiger partial charge in [-0.05, 0) is 31.3 Å². The zero-order valence-corrected chi connectivity index (χ0v) is 21.9. The Morgan fingerprint density at radius 3 is 2.50 bits per heavy atom. The van der Waals surface area contributed by atoms with E-state index in [0.717, 1.165) is 41.0 Å². The smallest absolute Gasteiger partial charge is 0.261 e. The van der Waals surface area contributed by atoms with E-state index < -0.39 is 0 Å². The van der Waals surface area contributed by atoms with E-state index in [2.05, 4.69) is 24.1 Å². The van der Waals surface area contributed by atoms with E-state index in [1.165, 1.54) is 11.3 Å². The summed E-state index contributed by atoms with van der Waals surface area (Å²) in [5.74, 6) is 0.591.